The number of rotatable bonds is 5. The third-order valence-corrected chi connectivity index (χ3v) is 4.33. The second-order valence-electron chi connectivity index (χ2n) is 5.89. The molecule has 0 radical (unpaired) electrons. The fourth-order valence-electron chi connectivity index (χ4n) is 2.95. The number of piperidine rings is 1. The van der Waals surface area contributed by atoms with Gasteiger partial charge in [0.1, 0.15) is 11.6 Å². The summed E-state index contributed by atoms with van der Waals surface area (Å²) < 4.78 is 27.2. The van der Waals surface area contributed by atoms with Gasteiger partial charge >= 0.3 is 0 Å². The van der Waals surface area contributed by atoms with Crippen molar-refractivity contribution in [1.29, 1.82) is 0 Å². The first-order valence-corrected chi connectivity index (χ1v) is 7.96. The molecule has 1 saturated heterocycles. The SMILES string of the molecule is C#CCN1CCC(C(=O)N[C@@H](CC)c2cc(F)ccc2F)CC1. The molecule has 2 rings (SSSR count). The van der Waals surface area contributed by atoms with E-state index in [1.807, 2.05) is 6.92 Å². The molecule has 0 unspecified atom stereocenters. The third kappa shape index (κ3) is 4.52. The summed E-state index contributed by atoms with van der Waals surface area (Å²) >= 11 is 0. The van der Waals surface area contributed by atoms with Crippen LogP contribution in [0.15, 0.2) is 18.2 Å². The fourth-order valence-corrected chi connectivity index (χ4v) is 2.95. The lowest BCUT2D eigenvalue weighted by atomic mass is 9.94. The van der Waals surface area contributed by atoms with Crippen molar-refractivity contribution >= 4 is 5.91 Å². The summed E-state index contributed by atoms with van der Waals surface area (Å²) in [6, 6.07) is 2.81. The van der Waals surface area contributed by atoms with Crippen LogP contribution in [0.25, 0.3) is 0 Å². The number of likely N-dealkylation sites (tertiary alicyclic amines) is 1. The van der Waals surface area contributed by atoms with E-state index >= 15 is 0 Å². The minimum atomic E-state index is -0.512. The third-order valence-electron chi connectivity index (χ3n) is 4.33. The molecule has 0 bridgehead atoms. The van der Waals surface area contributed by atoms with Gasteiger partial charge in [0.15, 0.2) is 0 Å². The van der Waals surface area contributed by atoms with Gasteiger partial charge in [-0.1, -0.05) is 12.8 Å². The number of carbonyl (C=O) groups excluding carboxylic acids is 1. The zero-order valence-electron chi connectivity index (χ0n) is 13.3. The maximum absolute atomic E-state index is 13.9. The average molecular weight is 320 g/mol. The predicted molar refractivity (Wildman–Crippen MR) is 85.5 cm³/mol. The lowest BCUT2D eigenvalue weighted by Gasteiger charge is -2.31. The summed E-state index contributed by atoms with van der Waals surface area (Å²) in [4.78, 5) is 14.5. The van der Waals surface area contributed by atoms with Crippen LogP contribution in [0.3, 0.4) is 0 Å². The topological polar surface area (TPSA) is 32.3 Å². The highest BCUT2D eigenvalue weighted by Gasteiger charge is 2.27. The van der Waals surface area contributed by atoms with Crippen molar-refractivity contribution in [2.75, 3.05) is 19.6 Å². The number of nitrogens with one attached hydrogen (secondary N) is 1. The quantitative estimate of drug-likeness (QED) is 0.846. The van der Waals surface area contributed by atoms with Crippen LogP contribution in [0.4, 0.5) is 8.78 Å². The molecule has 124 valence electrons. The number of hydrogen-bond donors (Lipinski definition) is 1. The van der Waals surface area contributed by atoms with Crippen molar-refractivity contribution in [3.63, 3.8) is 0 Å². The molecule has 1 aliphatic rings. The standard InChI is InChI=1S/C18H22F2N2O/c1-3-9-22-10-7-13(8-11-22)18(23)21-17(4-2)15-12-14(19)5-6-16(15)20/h1,5-6,12-13,17H,4,7-11H2,2H3,(H,21,23)/t17-/m0/s1. The van der Waals surface area contributed by atoms with Gasteiger partial charge in [-0.25, -0.2) is 8.78 Å². The number of nitrogens with zero attached hydrogens (tertiary/aromatic N) is 1. The lowest BCUT2D eigenvalue weighted by Crippen LogP contribution is -2.41. The highest BCUT2D eigenvalue weighted by Crippen LogP contribution is 2.23. The maximum Gasteiger partial charge on any atom is 0.223 e. The molecule has 1 aliphatic heterocycles. The van der Waals surface area contributed by atoms with Gasteiger partial charge < -0.3 is 5.32 Å². The first kappa shape index (κ1) is 17.4. The van der Waals surface area contributed by atoms with Crippen molar-refractivity contribution in [3.8, 4) is 12.3 Å². The Balaban J connectivity index is 1.98. The molecule has 1 heterocycles. The Morgan fingerprint density at radius 3 is 2.74 bits per heavy atom. The molecule has 0 aliphatic carbocycles. The van der Waals surface area contributed by atoms with Crippen LogP contribution in [-0.4, -0.2) is 30.4 Å². The second-order valence-corrected chi connectivity index (χ2v) is 5.89. The molecule has 0 spiro atoms. The van der Waals surface area contributed by atoms with Crippen LogP contribution < -0.4 is 5.32 Å². The van der Waals surface area contributed by atoms with E-state index < -0.39 is 17.7 Å². The summed E-state index contributed by atoms with van der Waals surface area (Å²) in [5, 5.41) is 2.86. The van der Waals surface area contributed by atoms with Crippen LogP contribution in [-0.2, 0) is 4.79 Å². The number of hydrogen-bond acceptors (Lipinski definition) is 2. The van der Waals surface area contributed by atoms with Gasteiger partial charge in [-0.3, -0.25) is 9.69 Å². The van der Waals surface area contributed by atoms with Gasteiger partial charge in [-0.2, -0.15) is 0 Å². The van der Waals surface area contributed by atoms with Gasteiger partial charge in [0.05, 0.1) is 12.6 Å². The van der Waals surface area contributed by atoms with Crippen molar-refractivity contribution in [1.82, 2.24) is 10.2 Å². The Morgan fingerprint density at radius 2 is 2.13 bits per heavy atom. The Hall–Kier alpha value is -1.93. The molecule has 5 heteroatoms. The summed E-state index contributed by atoms with van der Waals surface area (Å²) in [5.74, 6) is 1.40. The Kier molecular flexibility index (Phi) is 6.12. The first-order chi connectivity index (χ1) is 11.0. The molecular weight excluding hydrogens is 298 g/mol. The first-order valence-electron chi connectivity index (χ1n) is 7.96. The zero-order valence-corrected chi connectivity index (χ0v) is 13.3. The smallest absolute Gasteiger partial charge is 0.223 e. The summed E-state index contributed by atoms with van der Waals surface area (Å²) in [6.07, 6.45) is 7.26. The monoisotopic (exact) mass is 320 g/mol. The lowest BCUT2D eigenvalue weighted by molar-refractivity contribution is -0.127. The number of amides is 1. The van der Waals surface area contributed by atoms with E-state index in [0.29, 0.717) is 13.0 Å². The van der Waals surface area contributed by atoms with Crippen LogP contribution in [0.2, 0.25) is 0 Å². The Morgan fingerprint density at radius 1 is 1.43 bits per heavy atom. The number of benzene rings is 1. The molecule has 0 saturated carbocycles. The molecule has 1 aromatic carbocycles. The summed E-state index contributed by atoms with van der Waals surface area (Å²) in [5.41, 5.74) is 0.200. The van der Waals surface area contributed by atoms with Crippen molar-refractivity contribution in [3.05, 3.63) is 35.4 Å². The van der Waals surface area contributed by atoms with E-state index in [0.717, 1.165) is 44.1 Å². The van der Waals surface area contributed by atoms with Crippen LogP contribution >= 0.6 is 0 Å². The predicted octanol–water partition coefficient (Wildman–Crippen LogP) is 2.88. The molecule has 0 aromatic heterocycles. The van der Waals surface area contributed by atoms with E-state index in [1.54, 1.807) is 0 Å². The van der Waals surface area contributed by atoms with Crippen LogP contribution in [0.5, 0.6) is 0 Å². The molecular formula is C18H22F2N2O. The van der Waals surface area contributed by atoms with Crippen molar-refractivity contribution < 1.29 is 13.6 Å². The summed E-state index contributed by atoms with van der Waals surface area (Å²) in [7, 11) is 0. The minimum absolute atomic E-state index is 0.0964. The Bertz CT molecular complexity index is 589. The second kappa shape index (κ2) is 8.07. The van der Waals surface area contributed by atoms with E-state index in [9.17, 15) is 13.6 Å². The maximum atomic E-state index is 13.9. The highest BCUT2D eigenvalue weighted by atomic mass is 19.1. The molecule has 1 fully saturated rings. The van der Waals surface area contributed by atoms with Gasteiger partial charge in [0.25, 0.3) is 0 Å². The normalized spacial score (nSPS) is 17.5. The van der Waals surface area contributed by atoms with Crippen LogP contribution in [0.1, 0.15) is 37.8 Å². The van der Waals surface area contributed by atoms with E-state index in [-0.39, 0.29) is 17.4 Å². The molecule has 1 N–H and O–H groups in total. The van der Waals surface area contributed by atoms with Crippen molar-refractivity contribution in [2.45, 2.75) is 32.2 Å². The van der Waals surface area contributed by atoms with E-state index in [2.05, 4.69) is 16.1 Å². The minimum Gasteiger partial charge on any atom is -0.349 e. The van der Waals surface area contributed by atoms with E-state index in [4.69, 9.17) is 6.42 Å². The average Bonchev–Trinajstić information content (AvgIpc) is 2.56. The fraction of sp³-hybridized carbons (Fsp3) is 0.500. The van der Waals surface area contributed by atoms with E-state index in [1.165, 1.54) is 0 Å². The highest BCUT2D eigenvalue weighted by molar-refractivity contribution is 5.79. The van der Waals surface area contributed by atoms with Gasteiger partial charge in [0.2, 0.25) is 5.91 Å². The number of terminal acetylenes is 1. The number of halogens is 2. The molecule has 1 atom stereocenters. The summed E-state index contributed by atoms with van der Waals surface area (Å²) in [6.45, 7) is 4.01. The molecule has 3 nitrogen and oxygen atoms in total. The van der Waals surface area contributed by atoms with Gasteiger partial charge in [-0.15, -0.1) is 6.42 Å². The number of carbonyl (C=O) groups is 1. The zero-order chi connectivity index (χ0) is 16.8. The van der Waals surface area contributed by atoms with Crippen LogP contribution in [0, 0.1) is 29.9 Å². The molecule has 1 aromatic rings. The van der Waals surface area contributed by atoms with Crippen molar-refractivity contribution in [2.24, 2.45) is 5.92 Å². The Labute approximate surface area is 136 Å². The molecule has 23 heavy (non-hydrogen) atoms. The van der Waals surface area contributed by atoms with Gasteiger partial charge in [0, 0.05) is 11.5 Å². The largest absolute Gasteiger partial charge is 0.349 e. The van der Waals surface area contributed by atoms with Gasteiger partial charge in [-0.05, 0) is 50.6 Å². The molecule has 1 amide bonds.